The Kier molecular flexibility index (Phi) is 8.67. The molecule has 2 aromatic carbocycles. The van der Waals surface area contributed by atoms with Crippen LogP contribution in [0.5, 0.6) is 5.75 Å². The van der Waals surface area contributed by atoms with Crippen LogP contribution in [-0.4, -0.2) is 50.5 Å². The molecule has 1 heterocycles. The lowest BCUT2D eigenvalue weighted by Gasteiger charge is -2.28. The minimum atomic E-state index is -0.0231. The lowest BCUT2D eigenvalue weighted by molar-refractivity contribution is -0.134. The molecule has 0 spiro atoms. The number of benzene rings is 2. The van der Waals surface area contributed by atoms with E-state index >= 15 is 0 Å². The number of ether oxygens (including phenoxy) is 1. The molecule has 2 aliphatic rings. The van der Waals surface area contributed by atoms with Crippen molar-refractivity contribution in [3.8, 4) is 5.75 Å². The van der Waals surface area contributed by atoms with Gasteiger partial charge < -0.3 is 19.4 Å². The van der Waals surface area contributed by atoms with Gasteiger partial charge in [-0.15, -0.1) is 0 Å². The molecule has 0 unspecified atom stereocenters. The van der Waals surface area contributed by atoms with Crippen LogP contribution in [0, 0.1) is 5.92 Å². The SMILES string of the molecule is CN(C)c1cccc(OCC(=O)N2CCCCCCCCN(C(=O)C3CC3)c3ccccc3C2)c1. The fourth-order valence-corrected chi connectivity index (χ4v) is 4.67. The maximum atomic E-state index is 13.3. The summed E-state index contributed by atoms with van der Waals surface area (Å²) in [6, 6.07) is 15.9. The first-order chi connectivity index (χ1) is 17.0. The number of para-hydroxylation sites is 1. The summed E-state index contributed by atoms with van der Waals surface area (Å²) < 4.78 is 5.91. The van der Waals surface area contributed by atoms with Gasteiger partial charge >= 0.3 is 0 Å². The molecule has 0 atom stereocenters. The number of amides is 2. The molecule has 188 valence electrons. The highest BCUT2D eigenvalue weighted by Gasteiger charge is 2.34. The summed E-state index contributed by atoms with van der Waals surface area (Å²) in [5, 5.41) is 0. The van der Waals surface area contributed by atoms with E-state index in [-0.39, 0.29) is 24.3 Å². The van der Waals surface area contributed by atoms with Crippen molar-refractivity contribution < 1.29 is 14.3 Å². The fourth-order valence-electron chi connectivity index (χ4n) is 4.67. The zero-order chi connectivity index (χ0) is 24.6. The quantitative estimate of drug-likeness (QED) is 0.590. The van der Waals surface area contributed by atoms with Gasteiger partial charge in [0.25, 0.3) is 5.91 Å². The van der Waals surface area contributed by atoms with Gasteiger partial charge in [-0.3, -0.25) is 9.59 Å². The molecule has 0 aromatic heterocycles. The monoisotopic (exact) mass is 477 g/mol. The molecule has 35 heavy (non-hydrogen) atoms. The molecule has 2 amide bonds. The molecule has 4 rings (SSSR count). The average Bonchev–Trinajstić information content (AvgIpc) is 3.71. The van der Waals surface area contributed by atoms with Gasteiger partial charge in [0.1, 0.15) is 5.75 Å². The first-order valence-electron chi connectivity index (χ1n) is 13.1. The number of hydrogen-bond acceptors (Lipinski definition) is 4. The van der Waals surface area contributed by atoms with Gasteiger partial charge in [-0.2, -0.15) is 0 Å². The fraction of sp³-hybridized carbons (Fsp3) is 0.517. The third kappa shape index (κ3) is 7.00. The smallest absolute Gasteiger partial charge is 0.260 e. The van der Waals surface area contributed by atoms with Crippen LogP contribution in [0.3, 0.4) is 0 Å². The molecule has 0 saturated heterocycles. The summed E-state index contributed by atoms with van der Waals surface area (Å²) in [5.74, 6) is 1.08. The molecule has 6 nitrogen and oxygen atoms in total. The number of carbonyl (C=O) groups is 2. The van der Waals surface area contributed by atoms with Crippen LogP contribution < -0.4 is 14.5 Å². The van der Waals surface area contributed by atoms with Crippen LogP contribution in [0.25, 0.3) is 0 Å². The van der Waals surface area contributed by atoms with Crippen LogP contribution >= 0.6 is 0 Å². The van der Waals surface area contributed by atoms with Crippen molar-refractivity contribution in [1.82, 2.24) is 4.90 Å². The molecule has 2 aromatic rings. The highest BCUT2D eigenvalue weighted by atomic mass is 16.5. The number of fused-ring (bicyclic) bond motifs is 1. The van der Waals surface area contributed by atoms with Crippen LogP contribution in [0.15, 0.2) is 48.5 Å². The van der Waals surface area contributed by atoms with E-state index in [2.05, 4.69) is 6.07 Å². The number of carbonyl (C=O) groups excluding carboxylic acids is 2. The van der Waals surface area contributed by atoms with Crippen molar-refractivity contribution in [3.05, 3.63) is 54.1 Å². The van der Waals surface area contributed by atoms with Crippen LogP contribution in [0.1, 0.15) is 56.9 Å². The molecule has 1 saturated carbocycles. The van der Waals surface area contributed by atoms with E-state index < -0.39 is 0 Å². The van der Waals surface area contributed by atoms with Crippen molar-refractivity contribution in [3.63, 3.8) is 0 Å². The molecule has 0 N–H and O–H groups in total. The number of anilines is 2. The van der Waals surface area contributed by atoms with Crippen molar-refractivity contribution in [2.24, 2.45) is 5.92 Å². The molecular weight excluding hydrogens is 438 g/mol. The molecule has 0 bridgehead atoms. The van der Waals surface area contributed by atoms with E-state index in [0.29, 0.717) is 18.8 Å². The molecule has 1 fully saturated rings. The van der Waals surface area contributed by atoms with Crippen molar-refractivity contribution in [1.29, 1.82) is 0 Å². The Morgan fingerprint density at radius 2 is 1.63 bits per heavy atom. The highest BCUT2D eigenvalue weighted by Crippen LogP contribution is 2.34. The molecule has 6 heteroatoms. The molecule has 0 radical (unpaired) electrons. The second-order valence-corrected chi connectivity index (χ2v) is 10.0. The Hall–Kier alpha value is -3.02. The summed E-state index contributed by atoms with van der Waals surface area (Å²) in [7, 11) is 3.97. The van der Waals surface area contributed by atoms with Gasteiger partial charge in [-0.05, 0) is 49.4 Å². The van der Waals surface area contributed by atoms with Gasteiger partial charge in [0, 0.05) is 57.1 Å². The van der Waals surface area contributed by atoms with E-state index in [0.717, 1.165) is 62.0 Å². The second kappa shape index (κ2) is 12.1. The molecular formula is C29H39N3O3. The largest absolute Gasteiger partial charge is 0.484 e. The Balaban J connectivity index is 1.52. The van der Waals surface area contributed by atoms with E-state index in [1.807, 2.05) is 71.3 Å². The van der Waals surface area contributed by atoms with Crippen LogP contribution in [-0.2, 0) is 16.1 Å². The Morgan fingerprint density at radius 1 is 0.914 bits per heavy atom. The summed E-state index contributed by atoms with van der Waals surface area (Å²) in [4.78, 5) is 32.4. The average molecular weight is 478 g/mol. The number of rotatable bonds is 5. The summed E-state index contributed by atoms with van der Waals surface area (Å²) in [6.45, 7) is 1.95. The molecule has 1 aliphatic carbocycles. The zero-order valence-electron chi connectivity index (χ0n) is 21.2. The van der Waals surface area contributed by atoms with E-state index in [4.69, 9.17) is 4.74 Å². The van der Waals surface area contributed by atoms with Gasteiger partial charge in [0.2, 0.25) is 5.91 Å². The summed E-state index contributed by atoms with van der Waals surface area (Å²) in [5.41, 5.74) is 3.02. The molecule has 1 aliphatic heterocycles. The van der Waals surface area contributed by atoms with Gasteiger partial charge in [-0.1, -0.05) is 49.9 Å². The van der Waals surface area contributed by atoms with E-state index in [1.165, 1.54) is 12.8 Å². The summed E-state index contributed by atoms with van der Waals surface area (Å²) >= 11 is 0. The van der Waals surface area contributed by atoms with E-state index in [1.54, 1.807) is 0 Å². The standard InChI is InChI=1S/C29H39N3O3/c1-30(2)25-13-11-14-26(20-25)35-22-28(33)31-18-9-5-3-4-6-10-19-32(29(34)23-16-17-23)27-15-8-7-12-24(27)21-31/h7-8,11-15,20,23H,3-6,9-10,16-19,21-22H2,1-2H3. The number of hydrogen-bond donors (Lipinski definition) is 0. The Labute approximate surface area is 209 Å². The van der Waals surface area contributed by atoms with Gasteiger partial charge in [0.05, 0.1) is 0 Å². The second-order valence-electron chi connectivity index (χ2n) is 10.0. The Morgan fingerprint density at radius 3 is 2.37 bits per heavy atom. The minimum absolute atomic E-state index is 0.00374. The van der Waals surface area contributed by atoms with Crippen molar-refractivity contribution in [2.75, 3.05) is 43.6 Å². The minimum Gasteiger partial charge on any atom is -0.484 e. The Bertz CT molecular complexity index is 1000. The normalized spacial score (nSPS) is 17.4. The summed E-state index contributed by atoms with van der Waals surface area (Å²) in [6.07, 6.45) is 8.58. The van der Waals surface area contributed by atoms with Crippen molar-refractivity contribution in [2.45, 2.75) is 57.9 Å². The highest BCUT2D eigenvalue weighted by molar-refractivity contribution is 5.97. The van der Waals surface area contributed by atoms with Crippen LogP contribution in [0.2, 0.25) is 0 Å². The first kappa shape index (κ1) is 25.1. The lowest BCUT2D eigenvalue weighted by atomic mass is 10.1. The first-order valence-corrected chi connectivity index (χ1v) is 13.1. The maximum absolute atomic E-state index is 13.3. The van der Waals surface area contributed by atoms with Crippen molar-refractivity contribution >= 4 is 23.2 Å². The third-order valence-corrected chi connectivity index (χ3v) is 6.95. The predicted molar refractivity (Wildman–Crippen MR) is 141 cm³/mol. The topological polar surface area (TPSA) is 53.1 Å². The zero-order valence-corrected chi connectivity index (χ0v) is 21.2. The predicted octanol–water partition coefficient (Wildman–Crippen LogP) is 5.26. The van der Waals surface area contributed by atoms with E-state index in [9.17, 15) is 9.59 Å². The maximum Gasteiger partial charge on any atom is 0.260 e. The van der Waals surface area contributed by atoms with Gasteiger partial charge in [-0.25, -0.2) is 0 Å². The van der Waals surface area contributed by atoms with Gasteiger partial charge in [0.15, 0.2) is 6.61 Å². The number of nitrogens with zero attached hydrogens (tertiary/aromatic N) is 3. The van der Waals surface area contributed by atoms with Crippen LogP contribution in [0.4, 0.5) is 11.4 Å². The lowest BCUT2D eigenvalue weighted by Crippen LogP contribution is -2.37. The third-order valence-electron chi connectivity index (χ3n) is 6.95.